The Morgan fingerprint density at radius 3 is 2.77 bits per heavy atom. The largest absolute Gasteiger partial charge is 0.448 e. The summed E-state index contributed by atoms with van der Waals surface area (Å²) in [6.45, 7) is 8.34. The monoisotopic (exact) mass is 362 g/mol. The molecular weight excluding hydrogens is 332 g/mol. The van der Waals surface area contributed by atoms with Gasteiger partial charge in [-0.05, 0) is 33.0 Å². The maximum Gasteiger partial charge on any atom is 0.276 e. The zero-order chi connectivity index (χ0) is 18.1. The van der Waals surface area contributed by atoms with Crippen molar-refractivity contribution in [1.29, 1.82) is 0 Å². The Bertz CT molecular complexity index is 626. The second-order valence-corrected chi connectivity index (χ2v) is 7.98. The van der Waals surface area contributed by atoms with Crippen LogP contribution in [0.5, 0.6) is 0 Å². The number of fused-ring (bicyclic) bond motifs is 3. The van der Waals surface area contributed by atoms with Gasteiger partial charge in [-0.1, -0.05) is 6.92 Å². The van der Waals surface area contributed by atoms with Crippen LogP contribution in [0.15, 0.2) is 10.8 Å². The number of aromatic nitrogens is 1. The van der Waals surface area contributed by atoms with E-state index in [4.69, 9.17) is 9.15 Å². The van der Waals surface area contributed by atoms with Crippen molar-refractivity contribution in [3.63, 3.8) is 0 Å². The second-order valence-electron chi connectivity index (χ2n) is 7.98. The van der Waals surface area contributed by atoms with Gasteiger partial charge in [0, 0.05) is 38.0 Å². The average molecular weight is 362 g/mol. The number of nitrogens with zero attached hydrogens (tertiary/aromatic N) is 4. The zero-order valence-electron chi connectivity index (χ0n) is 15.9. The minimum atomic E-state index is 0.00123. The van der Waals surface area contributed by atoms with Gasteiger partial charge in [0.1, 0.15) is 5.76 Å². The van der Waals surface area contributed by atoms with E-state index in [0.717, 1.165) is 39.3 Å². The van der Waals surface area contributed by atoms with Crippen molar-refractivity contribution in [2.45, 2.75) is 38.3 Å². The maximum absolute atomic E-state index is 13.2. The number of likely N-dealkylation sites (tertiary alicyclic amines) is 1. The Hall–Kier alpha value is -1.44. The molecule has 0 saturated carbocycles. The van der Waals surface area contributed by atoms with Gasteiger partial charge in [0.15, 0.2) is 12.1 Å². The van der Waals surface area contributed by atoms with Crippen molar-refractivity contribution in [3.05, 3.63) is 17.8 Å². The molecule has 0 radical (unpaired) electrons. The molecule has 0 spiro atoms. The van der Waals surface area contributed by atoms with Crippen LogP contribution >= 0.6 is 0 Å². The van der Waals surface area contributed by atoms with Gasteiger partial charge in [-0.25, -0.2) is 4.98 Å². The number of amides is 1. The van der Waals surface area contributed by atoms with Crippen LogP contribution in [-0.4, -0.2) is 90.7 Å². The molecule has 3 aliphatic heterocycles. The van der Waals surface area contributed by atoms with Gasteiger partial charge in [0.25, 0.3) is 5.91 Å². The van der Waals surface area contributed by atoms with Crippen LogP contribution in [0.1, 0.15) is 36.0 Å². The number of ether oxygens (including phenoxy) is 1. The molecule has 144 valence electrons. The molecule has 0 N–H and O–H groups in total. The predicted octanol–water partition coefficient (Wildman–Crippen LogP) is 1.10. The van der Waals surface area contributed by atoms with Crippen LogP contribution in [0.4, 0.5) is 0 Å². The molecule has 3 aliphatic rings. The number of oxazole rings is 1. The molecule has 3 saturated heterocycles. The standard InChI is InChI=1S/C19H30N4O3/c1-3-17-18(20-13-26-17)19(24)23-9-14-8-22(10-16(23)12-25-11-14)15-4-6-21(2)7-5-15/h13-16H,3-12H2,1-2H3/t14-,16-/m0/s1. The van der Waals surface area contributed by atoms with E-state index >= 15 is 0 Å². The Kier molecular flexibility index (Phi) is 5.29. The molecule has 1 aromatic heterocycles. The number of hydrogen-bond acceptors (Lipinski definition) is 6. The van der Waals surface area contributed by atoms with Crippen LogP contribution < -0.4 is 0 Å². The normalized spacial score (nSPS) is 28.9. The fraction of sp³-hybridized carbons (Fsp3) is 0.789. The highest BCUT2D eigenvalue weighted by molar-refractivity contribution is 5.93. The van der Waals surface area contributed by atoms with Gasteiger partial charge in [-0.3, -0.25) is 9.69 Å². The number of aryl methyl sites for hydroxylation is 1. The first-order valence-electron chi connectivity index (χ1n) is 9.89. The first kappa shape index (κ1) is 17.9. The molecule has 0 unspecified atom stereocenters. The smallest absolute Gasteiger partial charge is 0.276 e. The number of carbonyl (C=O) groups excluding carboxylic acids is 1. The van der Waals surface area contributed by atoms with E-state index in [1.807, 2.05) is 11.8 Å². The fourth-order valence-electron chi connectivity index (χ4n) is 4.62. The van der Waals surface area contributed by atoms with Crippen molar-refractivity contribution in [2.75, 3.05) is 53.0 Å². The lowest BCUT2D eigenvalue weighted by Gasteiger charge is -2.39. The Morgan fingerprint density at radius 2 is 2.00 bits per heavy atom. The molecule has 0 aliphatic carbocycles. The summed E-state index contributed by atoms with van der Waals surface area (Å²) in [4.78, 5) is 24.4. The summed E-state index contributed by atoms with van der Waals surface area (Å²) in [7, 11) is 2.20. The van der Waals surface area contributed by atoms with Crippen LogP contribution in [-0.2, 0) is 11.2 Å². The van der Waals surface area contributed by atoms with Crippen molar-refractivity contribution in [2.24, 2.45) is 5.92 Å². The van der Waals surface area contributed by atoms with E-state index in [1.54, 1.807) is 0 Å². The second kappa shape index (κ2) is 7.66. The number of carbonyl (C=O) groups is 1. The minimum absolute atomic E-state index is 0.00123. The highest BCUT2D eigenvalue weighted by Crippen LogP contribution is 2.26. The molecule has 1 aromatic rings. The van der Waals surface area contributed by atoms with E-state index < -0.39 is 0 Å². The summed E-state index contributed by atoms with van der Waals surface area (Å²) in [6, 6.07) is 0.721. The van der Waals surface area contributed by atoms with Crippen LogP contribution in [0.25, 0.3) is 0 Å². The Labute approximate surface area is 155 Å². The van der Waals surface area contributed by atoms with E-state index in [0.29, 0.717) is 36.4 Å². The third kappa shape index (κ3) is 3.52. The molecule has 1 amide bonds. The Balaban J connectivity index is 1.52. The van der Waals surface area contributed by atoms with Crippen molar-refractivity contribution in [3.8, 4) is 0 Å². The maximum atomic E-state index is 13.2. The predicted molar refractivity (Wildman–Crippen MR) is 97.1 cm³/mol. The van der Waals surface area contributed by atoms with Gasteiger partial charge in [-0.15, -0.1) is 0 Å². The van der Waals surface area contributed by atoms with E-state index in [1.165, 1.54) is 19.2 Å². The fourth-order valence-corrected chi connectivity index (χ4v) is 4.62. The molecule has 26 heavy (non-hydrogen) atoms. The highest BCUT2D eigenvalue weighted by Gasteiger charge is 2.39. The van der Waals surface area contributed by atoms with Crippen LogP contribution in [0.2, 0.25) is 0 Å². The van der Waals surface area contributed by atoms with Crippen molar-refractivity contribution >= 4 is 5.91 Å². The lowest BCUT2D eigenvalue weighted by molar-refractivity contribution is 0.0237. The van der Waals surface area contributed by atoms with Crippen molar-refractivity contribution < 1.29 is 13.9 Å². The molecule has 7 nitrogen and oxygen atoms in total. The average Bonchev–Trinajstić information content (AvgIpc) is 2.92. The van der Waals surface area contributed by atoms with Gasteiger partial charge in [0.05, 0.1) is 19.3 Å². The lowest BCUT2D eigenvalue weighted by atomic mass is 10.0. The van der Waals surface area contributed by atoms with E-state index in [2.05, 4.69) is 21.8 Å². The molecule has 2 bridgehead atoms. The number of hydrogen-bond donors (Lipinski definition) is 0. The molecule has 3 fully saturated rings. The van der Waals surface area contributed by atoms with Gasteiger partial charge >= 0.3 is 0 Å². The van der Waals surface area contributed by atoms with Crippen molar-refractivity contribution in [1.82, 2.24) is 19.7 Å². The number of piperidine rings is 1. The topological polar surface area (TPSA) is 62.1 Å². The van der Waals surface area contributed by atoms with Crippen LogP contribution in [0, 0.1) is 5.92 Å². The SMILES string of the molecule is CCc1ocnc1C(=O)N1C[C@H]2COC[C@@H]1CN(C1CCN(C)CC1)C2. The molecule has 4 rings (SSSR count). The molecule has 2 atom stereocenters. The summed E-state index contributed by atoms with van der Waals surface area (Å²) in [6.07, 6.45) is 4.50. The first-order chi connectivity index (χ1) is 12.7. The first-order valence-corrected chi connectivity index (χ1v) is 9.89. The summed E-state index contributed by atoms with van der Waals surface area (Å²) < 4.78 is 11.3. The Morgan fingerprint density at radius 1 is 1.19 bits per heavy atom. The highest BCUT2D eigenvalue weighted by atomic mass is 16.5. The molecule has 7 heteroatoms. The molecular formula is C19H30N4O3. The minimum Gasteiger partial charge on any atom is -0.448 e. The summed E-state index contributed by atoms with van der Waals surface area (Å²) in [5.41, 5.74) is 0.478. The summed E-state index contributed by atoms with van der Waals surface area (Å²) in [5.74, 6) is 1.05. The molecule has 4 heterocycles. The third-order valence-corrected chi connectivity index (χ3v) is 6.13. The third-order valence-electron chi connectivity index (χ3n) is 6.13. The summed E-state index contributed by atoms with van der Waals surface area (Å²) in [5, 5.41) is 0. The molecule has 0 aromatic carbocycles. The number of rotatable bonds is 3. The van der Waals surface area contributed by atoms with E-state index in [-0.39, 0.29) is 11.9 Å². The summed E-state index contributed by atoms with van der Waals surface area (Å²) >= 11 is 0. The van der Waals surface area contributed by atoms with Gasteiger partial charge in [0.2, 0.25) is 0 Å². The van der Waals surface area contributed by atoms with Crippen LogP contribution in [0.3, 0.4) is 0 Å². The quantitative estimate of drug-likeness (QED) is 0.803. The van der Waals surface area contributed by atoms with Gasteiger partial charge < -0.3 is 19.0 Å². The van der Waals surface area contributed by atoms with Gasteiger partial charge in [-0.2, -0.15) is 0 Å². The van der Waals surface area contributed by atoms with E-state index in [9.17, 15) is 4.79 Å². The zero-order valence-corrected chi connectivity index (χ0v) is 15.9. The lowest BCUT2D eigenvalue weighted by Crippen LogP contribution is -2.51.